The summed E-state index contributed by atoms with van der Waals surface area (Å²) >= 11 is 0. The van der Waals surface area contributed by atoms with Gasteiger partial charge in [-0.25, -0.2) is 4.98 Å². The molecule has 2 aromatic heterocycles. The monoisotopic (exact) mass is 510 g/mol. The zero-order chi connectivity index (χ0) is 26.7. The van der Waals surface area contributed by atoms with Gasteiger partial charge in [0.25, 0.3) is 11.8 Å². The quantitative estimate of drug-likeness (QED) is 0.348. The van der Waals surface area contributed by atoms with Crippen LogP contribution in [0.15, 0.2) is 66.9 Å². The molecule has 4 aromatic rings. The normalized spacial score (nSPS) is 11.2. The molecule has 2 aromatic carbocycles. The molecule has 0 saturated heterocycles. The topological polar surface area (TPSA) is 138 Å². The summed E-state index contributed by atoms with van der Waals surface area (Å²) in [4.78, 5) is 28.4. The van der Waals surface area contributed by atoms with Crippen LogP contribution in [0.1, 0.15) is 31.8 Å². The Morgan fingerprint density at radius 3 is 2.35 bits per heavy atom. The van der Waals surface area contributed by atoms with E-state index in [4.69, 9.17) is 16.2 Å². The number of pyridine rings is 1. The Kier molecular flexibility index (Phi) is 6.83. The van der Waals surface area contributed by atoms with E-state index in [2.05, 4.69) is 15.4 Å². The van der Waals surface area contributed by atoms with Crippen LogP contribution in [0.4, 0.5) is 19.0 Å². The molecule has 0 aliphatic heterocycles. The van der Waals surface area contributed by atoms with E-state index in [-0.39, 0.29) is 35.3 Å². The second-order valence-corrected chi connectivity index (χ2v) is 7.87. The minimum absolute atomic E-state index is 0.0186. The molecule has 0 unspecified atom stereocenters. The van der Waals surface area contributed by atoms with Gasteiger partial charge >= 0.3 is 6.18 Å². The van der Waals surface area contributed by atoms with E-state index in [0.717, 1.165) is 22.4 Å². The van der Waals surface area contributed by atoms with Crippen LogP contribution in [0.25, 0.3) is 17.1 Å². The van der Waals surface area contributed by atoms with Crippen molar-refractivity contribution in [2.24, 2.45) is 5.73 Å². The number of nitrogens with zero attached hydrogens (tertiary/aromatic N) is 3. The number of alkyl halides is 3. The van der Waals surface area contributed by atoms with Crippen molar-refractivity contribution in [1.29, 1.82) is 0 Å². The summed E-state index contributed by atoms with van der Waals surface area (Å²) in [5.74, 6) is -0.908. The van der Waals surface area contributed by atoms with Crippen LogP contribution < -0.4 is 21.5 Å². The molecule has 0 saturated carbocycles. The lowest BCUT2D eigenvalue weighted by atomic mass is 10.0. The van der Waals surface area contributed by atoms with E-state index in [1.54, 1.807) is 48.5 Å². The fourth-order valence-corrected chi connectivity index (χ4v) is 3.62. The first-order valence-corrected chi connectivity index (χ1v) is 10.8. The standard InChI is InChI=1S/C25H21F3N6O3/c1-37-18-5-3-2-4-17(18)24(36)32-12-14-6-8-15(9-7-14)21-20(23(30)35)22(29)34(33-21)19-11-10-16(13-31-19)25(26,27)28/h2-11,13H,12,29H2,1H3,(H2,30,35)(H,32,36). The Morgan fingerprint density at radius 2 is 1.76 bits per heavy atom. The molecule has 0 radical (unpaired) electrons. The highest BCUT2D eigenvalue weighted by atomic mass is 19.4. The molecular formula is C25H21F3N6O3. The number of para-hydroxylation sites is 1. The number of nitrogens with two attached hydrogens (primary N) is 2. The number of hydrogen-bond donors (Lipinski definition) is 3. The van der Waals surface area contributed by atoms with Gasteiger partial charge in [0.2, 0.25) is 0 Å². The number of primary amides is 1. The zero-order valence-electron chi connectivity index (χ0n) is 19.4. The molecule has 190 valence electrons. The van der Waals surface area contributed by atoms with Crippen molar-refractivity contribution in [3.63, 3.8) is 0 Å². The number of ether oxygens (including phenoxy) is 1. The number of amides is 2. The Morgan fingerprint density at radius 1 is 1.05 bits per heavy atom. The van der Waals surface area contributed by atoms with Crippen LogP contribution >= 0.6 is 0 Å². The molecule has 5 N–H and O–H groups in total. The van der Waals surface area contributed by atoms with E-state index in [9.17, 15) is 22.8 Å². The number of carbonyl (C=O) groups is 2. The number of anilines is 1. The van der Waals surface area contributed by atoms with Gasteiger partial charge in [0.15, 0.2) is 5.82 Å². The number of nitrogens with one attached hydrogen (secondary N) is 1. The van der Waals surface area contributed by atoms with Crippen molar-refractivity contribution < 1.29 is 27.5 Å². The maximum Gasteiger partial charge on any atom is 0.417 e. The van der Waals surface area contributed by atoms with Gasteiger partial charge in [0.1, 0.15) is 22.8 Å². The molecule has 2 heterocycles. The molecule has 2 amide bonds. The Bertz CT molecular complexity index is 1450. The highest BCUT2D eigenvalue weighted by molar-refractivity contribution is 6.03. The van der Waals surface area contributed by atoms with Crippen molar-refractivity contribution >= 4 is 17.6 Å². The first-order valence-electron chi connectivity index (χ1n) is 10.8. The predicted octanol–water partition coefficient (Wildman–Crippen LogP) is 3.57. The summed E-state index contributed by atoms with van der Waals surface area (Å²) < 4.78 is 44.9. The van der Waals surface area contributed by atoms with Crippen LogP contribution in [0.5, 0.6) is 5.75 Å². The second kappa shape index (κ2) is 10.0. The Balaban J connectivity index is 1.57. The molecule has 4 rings (SSSR count). The van der Waals surface area contributed by atoms with Gasteiger partial charge in [-0.15, -0.1) is 0 Å². The number of rotatable bonds is 7. The first-order chi connectivity index (χ1) is 17.6. The van der Waals surface area contributed by atoms with Crippen LogP contribution in [0, 0.1) is 0 Å². The summed E-state index contributed by atoms with van der Waals surface area (Å²) in [6.45, 7) is 0.214. The molecule has 0 bridgehead atoms. The number of benzene rings is 2. The van der Waals surface area contributed by atoms with E-state index >= 15 is 0 Å². The fourth-order valence-electron chi connectivity index (χ4n) is 3.62. The lowest BCUT2D eigenvalue weighted by molar-refractivity contribution is -0.137. The number of aromatic nitrogens is 3. The highest BCUT2D eigenvalue weighted by Gasteiger charge is 2.31. The van der Waals surface area contributed by atoms with Gasteiger partial charge < -0.3 is 21.5 Å². The Labute approximate surface area is 208 Å². The maximum absolute atomic E-state index is 12.9. The highest BCUT2D eigenvalue weighted by Crippen LogP contribution is 2.31. The lowest BCUT2D eigenvalue weighted by Crippen LogP contribution is -2.23. The first kappa shape index (κ1) is 25.2. The molecule has 0 aliphatic carbocycles. The molecule has 9 nitrogen and oxygen atoms in total. The molecule has 0 aliphatic rings. The minimum Gasteiger partial charge on any atom is -0.496 e. The summed E-state index contributed by atoms with van der Waals surface area (Å²) in [6, 6.07) is 15.5. The summed E-state index contributed by atoms with van der Waals surface area (Å²) in [5.41, 5.74) is 12.3. The van der Waals surface area contributed by atoms with Crippen LogP contribution in [0.3, 0.4) is 0 Å². The molecule has 12 heteroatoms. The number of carbonyl (C=O) groups excluding carboxylic acids is 2. The summed E-state index contributed by atoms with van der Waals surface area (Å²) in [7, 11) is 1.48. The number of methoxy groups -OCH3 is 1. The van der Waals surface area contributed by atoms with Gasteiger partial charge in [0, 0.05) is 18.3 Å². The third-order valence-electron chi connectivity index (χ3n) is 5.49. The van der Waals surface area contributed by atoms with E-state index in [1.807, 2.05) is 0 Å². The van der Waals surface area contributed by atoms with E-state index < -0.39 is 17.6 Å². The van der Waals surface area contributed by atoms with Gasteiger partial charge in [-0.2, -0.15) is 23.0 Å². The van der Waals surface area contributed by atoms with Crippen molar-refractivity contribution in [3.8, 4) is 22.8 Å². The van der Waals surface area contributed by atoms with Gasteiger partial charge in [-0.05, 0) is 29.8 Å². The molecule has 37 heavy (non-hydrogen) atoms. The van der Waals surface area contributed by atoms with Gasteiger partial charge in [0.05, 0.1) is 18.2 Å². The summed E-state index contributed by atoms with van der Waals surface area (Å²) in [5, 5.41) is 7.10. The lowest BCUT2D eigenvalue weighted by Gasteiger charge is -2.09. The predicted molar refractivity (Wildman–Crippen MR) is 129 cm³/mol. The number of hydrogen-bond acceptors (Lipinski definition) is 6. The second-order valence-electron chi connectivity index (χ2n) is 7.87. The van der Waals surface area contributed by atoms with Crippen molar-refractivity contribution in [3.05, 3.63) is 89.1 Å². The number of nitrogen functional groups attached to an aromatic ring is 1. The molecule has 0 fully saturated rings. The largest absolute Gasteiger partial charge is 0.496 e. The SMILES string of the molecule is COc1ccccc1C(=O)NCc1ccc(-c2nn(-c3ccc(C(F)(F)F)cn3)c(N)c2C(N)=O)cc1. The van der Waals surface area contributed by atoms with Crippen LogP contribution in [-0.4, -0.2) is 33.7 Å². The van der Waals surface area contributed by atoms with Gasteiger partial charge in [-0.1, -0.05) is 36.4 Å². The third kappa shape index (κ3) is 5.22. The van der Waals surface area contributed by atoms with Crippen molar-refractivity contribution in [2.75, 3.05) is 12.8 Å². The van der Waals surface area contributed by atoms with Crippen molar-refractivity contribution in [2.45, 2.75) is 12.7 Å². The zero-order valence-corrected chi connectivity index (χ0v) is 19.4. The molecular weight excluding hydrogens is 489 g/mol. The Hall–Kier alpha value is -4.87. The van der Waals surface area contributed by atoms with Gasteiger partial charge in [-0.3, -0.25) is 9.59 Å². The minimum atomic E-state index is -4.56. The fraction of sp³-hybridized carbons (Fsp3) is 0.120. The smallest absolute Gasteiger partial charge is 0.417 e. The van der Waals surface area contributed by atoms with E-state index in [1.165, 1.54) is 7.11 Å². The molecule has 0 atom stereocenters. The van der Waals surface area contributed by atoms with Crippen molar-refractivity contribution in [1.82, 2.24) is 20.1 Å². The third-order valence-corrected chi connectivity index (χ3v) is 5.49. The number of halogens is 3. The van der Waals surface area contributed by atoms with E-state index in [0.29, 0.717) is 23.1 Å². The molecule has 0 spiro atoms. The van der Waals surface area contributed by atoms with Crippen LogP contribution in [0.2, 0.25) is 0 Å². The van der Waals surface area contributed by atoms with Crippen LogP contribution in [-0.2, 0) is 12.7 Å². The summed E-state index contributed by atoms with van der Waals surface area (Å²) in [6.07, 6.45) is -3.91. The maximum atomic E-state index is 12.9. The average Bonchev–Trinajstić information content (AvgIpc) is 3.24. The average molecular weight is 510 g/mol.